The molecule has 1 amide bonds. The molecule has 3 nitrogen and oxygen atoms in total. The number of rotatable bonds is 4. The molecular weight excluding hydrogens is 281 g/mol. The van der Waals surface area contributed by atoms with Crippen molar-refractivity contribution in [3.05, 3.63) is 65.0 Å². The summed E-state index contributed by atoms with van der Waals surface area (Å²) < 4.78 is 18.4. The zero-order chi connectivity index (χ0) is 16.1. The van der Waals surface area contributed by atoms with Crippen LogP contribution in [0.3, 0.4) is 0 Å². The van der Waals surface area contributed by atoms with Gasteiger partial charge in [0.15, 0.2) is 11.6 Å². The lowest BCUT2D eigenvalue weighted by atomic mass is 10.1. The number of carbonyl (C=O) groups is 1. The van der Waals surface area contributed by atoms with Gasteiger partial charge in [0.1, 0.15) is 0 Å². The Balaban J connectivity index is 2.08. The van der Waals surface area contributed by atoms with Crippen LogP contribution in [0.25, 0.3) is 6.08 Å². The Morgan fingerprint density at radius 2 is 1.95 bits per heavy atom. The third-order valence-electron chi connectivity index (χ3n) is 3.25. The molecule has 0 atom stereocenters. The first-order valence-electron chi connectivity index (χ1n) is 6.89. The number of nitrogens with one attached hydrogen (secondary N) is 1. The molecule has 0 radical (unpaired) electrons. The van der Waals surface area contributed by atoms with Gasteiger partial charge in [-0.25, -0.2) is 4.39 Å². The molecule has 0 spiro atoms. The van der Waals surface area contributed by atoms with Crippen molar-refractivity contribution < 1.29 is 13.9 Å². The van der Waals surface area contributed by atoms with Crippen molar-refractivity contribution in [3.8, 4) is 5.75 Å². The first-order chi connectivity index (χ1) is 10.5. The maximum Gasteiger partial charge on any atom is 0.248 e. The van der Waals surface area contributed by atoms with Gasteiger partial charge < -0.3 is 10.1 Å². The van der Waals surface area contributed by atoms with Crippen LogP contribution >= 0.6 is 0 Å². The minimum atomic E-state index is -0.459. The van der Waals surface area contributed by atoms with Crippen molar-refractivity contribution in [3.63, 3.8) is 0 Å². The molecule has 0 heterocycles. The molecule has 0 fully saturated rings. The smallest absolute Gasteiger partial charge is 0.248 e. The zero-order valence-corrected chi connectivity index (χ0v) is 12.8. The van der Waals surface area contributed by atoms with Gasteiger partial charge in [0, 0.05) is 11.8 Å². The average Bonchev–Trinajstić information content (AvgIpc) is 2.49. The van der Waals surface area contributed by atoms with Crippen LogP contribution < -0.4 is 10.1 Å². The second-order valence-electron chi connectivity index (χ2n) is 5.03. The summed E-state index contributed by atoms with van der Waals surface area (Å²) in [4.78, 5) is 11.9. The third-order valence-corrected chi connectivity index (χ3v) is 3.25. The van der Waals surface area contributed by atoms with Crippen LogP contribution in [0.15, 0.2) is 42.5 Å². The fourth-order valence-electron chi connectivity index (χ4n) is 2.00. The zero-order valence-electron chi connectivity index (χ0n) is 12.8. The molecule has 114 valence electrons. The van der Waals surface area contributed by atoms with Crippen LogP contribution in [0.2, 0.25) is 0 Å². The number of methoxy groups -OCH3 is 1. The van der Waals surface area contributed by atoms with Gasteiger partial charge in [-0.2, -0.15) is 0 Å². The van der Waals surface area contributed by atoms with Crippen LogP contribution in [-0.2, 0) is 4.79 Å². The Labute approximate surface area is 129 Å². The summed E-state index contributed by atoms with van der Waals surface area (Å²) >= 11 is 0. The molecule has 1 N–H and O–H groups in total. The number of halogens is 1. The molecule has 2 aromatic rings. The van der Waals surface area contributed by atoms with Crippen LogP contribution in [-0.4, -0.2) is 13.0 Å². The van der Waals surface area contributed by atoms with Gasteiger partial charge in [-0.05, 0) is 54.8 Å². The molecule has 0 aliphatic rings. The number of carbonyl (C=O) groups excluding carboxylic acids is 1. The van der Waals surface area contributed by atoms with E-state index in [1.54, 1.807) is 12.1 Å². The van der Waals surface area contributed by atoms with E-state index in [0.29, 0.717) is 5.56 Å². The van der Waals surface area contributed by atoms with E-state index in [9.17, 15) is 9.18 Å². The standard InChI is InChI=1S/C18H18FNO2/c1-12-4-5-13(2)16(10-12)20-18(21)9-7-14-6-8-17(22-3)15(19)11-14/h4-11H,1-3H3,(H,20,21)/b9-7+. The van der Waals surface area contributed by atoms with Crippen LogP contribution in [0, 0.1) is 19.7 Å². The maximum atomic E-state index is 13.6. The highest BCUT2D eigenvalue weighted by molar-refractivity contribution is 6.02. The lowest BCUT2D eigenvalue weighted by Gasteiger charge is -2.07. The van der Waals surface area contributed by atoms with Gasteiger partial charge >= 0.3 is 0 Å². The first-order valence-corrected chi connectivity index (χ1v) is 6.89. The highest BCUT2D eigenvalue weighted by Gasteiger charge is 2.04. The summed E-state index contributed by atoms with van der Waals surface area (Å²) in [7, 11) is 1.41. The fourth-order valence-corrected chi connectivity index (χ4v) is 2.00. The molecular formula is C18H18FNO2. The van der Waals surface area contributed by atoms with E-state index in [2.05, 4.69) is 5.32 Å². The van der Waals surface area contributed by atoms with Crippen molar-refractivity contribution in [1.82, 2.24) is 0 Å². The highest BCUT2D eigenvalue weighted by Crippen LogP contribution is 2.19. The highest BCUT2D eigenvalue weighted by atomic mass is 19.1. The van der Waals surface area contributed by atoms with Crippen LogP contribution in [0.5, 0.6) is 5.75 Å². The molecule has 2 rings (SSSR count). The van der Waals surface area contributed by atoms with Gasteiger partial charge in [0.05, 0.1) is 7.11 Å². The normalized spacial score (nSPS) is 10.7. The molecule has 0 saturated heterocycles. The van der Waals surface area contributed by atoms with Gasteiger partial charge in [-0.15, -0.1) is 0 Å². The van der Waals surface area contributed by atoms with Crippen LogP contribution in [0.4, 0.5) is 10.1 Å². The van der Waals surface area contributed by atoms with E-state index in [1.165, 1.54) is 25.3 Å². The van der Waals surface area contributed by atoms with E-state index in [4.69, 9.17) is 4.74 Å². The van der Waals surface area contributed by atoms with E-state index >= 15 is 0 Å². The number of aryl methyl sites for hydroxylation is 2. The van der Waals surface area contributed by atoms with Crippen molar-refractivity contribution in [2.75, 3.05) is 12.4 Å². The molecule has 0 unspecified atom stereocenters. The van der Waals surface area contributed by atoms with E-state index < -0.39 is 5.82 Å². The number of benzene rings is 2. The summed E-state index contributed by atoms with van der Waals surface area (Å²) in [5, 5.41) is 2.81. The lowest BCUT2D eigenvalue weighted by molar-refractivity contribution is -0.111. The van der Waals surface area contributed by atoms with Crippen LogP contribution in [0.1, 0.15) is 16.7 Å². The van der Waals surface area contributed by atoms with Gasteiger partial charge in [0.2, 0.25) is 5.91 Å². The topological polar surface area (TPSA) is 38.3 Å². The minimum absolute atomic E-state index is 0.178. The molecule has 0 saturated carbocycles. The molecule has 22 heavy (non-hydrogen) atoms. The second kappa shape index (κ2) is 6.89. The Hall–Kier alpha value is -2.62. The van der Waals surface area contributed by atoms with Crippen molar-refractivity contribution >= 4 is 17.7 Å². The summed E-state index contributed by atoms with van der Waals surface area (Å²) in [6.45, 7) is 3.89. The Morgan fingerprint density at radius 1 is 1.18 bits per heavy atom. The molecule has 0 aromatic heterocycles. The SMILES string of the molecule is COc1ccc(/C=C/C(=O)Nc2cc(C)ccc2C)cc1F. The van der Waals surface area contributed by atoms with Gasteiger partial charge in [-0.1, -0.05) is 18.2 Å². The molecule has 0 aliphatic heterocycles. The number of hydrogen-bond acceptors (Lipinski definition) is 2. The summed E-state index contributed by atoms with van der Waals surface area (Å²) in [5.41, 5.74) is 3.43. The van der Waals surface area contributed by atoms with E-state index in [0.717, 1.165) is 16.8 Å². The quantitative estimate of drug-likeness (QED) is 0.863. The Morgan fingerprint density at radius 3 is 2.64 bits per heavy atom. The second-order valence-corrected chi connectivity index (χ2v) is 5.03. The van der Waals surface area contributed by atoms with E-state index in [-0.39, 0.29) is 11.7 Å². The lowest BCUT2D eigenvalue weighted by Crippen LogP contribution is -2.09. The first kappa shape index (κ1) is 15.8. The van der Waals surface area contributed by atoms with Crippen molar-refractivity contribution in [2.24, 2.45) is 0 Å². The molecule has 4 heteroatoms. The average molecular weight is 299 g/mol. The fraction of sp³-hybridized carbons (Fsp3) is 0.167. The number of hydrogen-bond donors (Lipinski definition) is 1. The number of anilines is 1. The predicted molar refractivity (Wildman–Crippen MR) is 86.5 cm³/mol. The maximum absolute atomic E-state index is 13.6. The van der Waals surface area contributed by atoms with Crippen molar-refractivity contribution in [1.29, 1.82) is 0 Å². The largest absolute Gasteiger partial charge is 0.494 e. The number of ether oxygens (including phenoxy) is 1. The summed E-state index contributed by atoms with van der Waals surface area (Å²) in [5.74, 6) is -0.540. The van der Waals surface area contributed by atoms with Crippen molar-refractivity contribution in [2.45, 2.75) is 13.8 Å². The third kappa shape index (κ3) is 3.95. The Bertz CT molecular complexity index is 723. The molecule has 2 aromatic carbocycles. The van der Waals surface area contributed by atoms with E-state index in [1.807, 2.05) is 32.0 Å². The number of amides is 1. The minimum Gasteiger partial charge on any atom is -0.494 e. The molecule has 0 aliphatic carbocycles. The summed E-state index contributed by atoms with van der Waals surface area (Å²) in [6.07, 6.45) is 2.94. The van der Waals surface area contributed by atoms with Gasteiger partial charge in [0.25, 0.3) is 0 Å². The predicted octanol–water partition coefficient (Wildman–Crippen LogP) is 4.10. The summed E-state index contributed by atoms with van der Waals surface area (Å²) in [6, 6.07) is 10.4. The monoisotopic (exact) mass is 299 g/mol. The Kier molecular flexibility index (Phi) is 4.94. The molecule has 0 bridgehead atoms. The van der Waals surface area contributed by atoms with Gasteiger partial charge in [-0.3, -0.25) is 4.79 Å².